The molecule has 6 heteroatoms. The molecule has 2 heterocycles. The van der Waals surface area contributed by atoms with E-state index in [1.54, 1.807) is 18.4 Å². The minimum absolute atomic E-state index is 0.359. The molecule has 0 amide bonds. The summed E-state index contributed by atoms with van der Waals surface area (Å²) in [5.74, 6) is 0.452. The summed E-state index contributed by atoms with van der Waals surface area (Å²) in [5.41, 5.74) is 0. The van der Waals surface area contributed by atoms with Gasteiger partial charge in [0.15, 0.2) is 0 Å². The summed E-state index contributed by atoms with van der Waals surface area (Å²) in [4.78, 5) is 0. The zero-order valence-electron chi connectivity index (χ0n) is 11.0. The van der Waals surface area contributed by atoms with Crippen molar-refractivity contribution in [2.75, 3.05) is 33.4 Å². The van der Waals surface area contributed by atoms with Crippen molar-refractivity contribution < 1.29 is 9.47 Å². The molecule has 1 fully saturated rings. The van der Waals surface area contributed by atoms with Crippen LogP contribution in [0, 0.1) is 0 Å². The summed E-state index contributed by atoms with van der Waals surface area (Å²) in [7, 11) is 1.71. The number of ether oxygens (including phenoxy) is 2. The lowest BCUT2D eigenvalue weighted by Gasteiger charge is -2.01. The molecular weight excluding hydrogens is 250 g/mol. The van der Waals surface area contributed by atoms with E-state index in [1.807, 2.05) is 0 Å². The molecular formula is C12H21N3O2S. The molecule has 0 aromatic carbocycles. The van der Waals surface area contributed by atoms with E-state index in [0.717, 1.165) is 49.2 Å². The van der Waals surface area contributed by atoms with Gasteiger partial charge in [-0.05, 0) is 13.3 Å². The van der Waals surface area contributed by atoms with Gasteiger partial charge < -0.3 is 14.8 Å². The zero-order chi connectivity index (χ0) is 12.8. The predicted octanol–water partition coefficient (Wildman–Crippen LogP) is 1.21. The minimum atomic E-state index is 0.359. The Labute approximate surface area is 112 Å². The van der Waals surface area contributed by atoms with Crippen LogP contribution < -0.4 is 5.32 Å². The van der Waals surface area contributed by atoms with E-state index in [0.29, 0.717) is 12.0 Å². The summed E-state index contributed by atoms with van der Waals surface area (Å²) in [6.45, 7) is 5.47. The second-order valence-electron chi connectivity index (χ2n) is 4.60. The van der Waals surface area contributed by atoms with E-state index in [9.17, 15) is 0 Å². The molecule has 1 aromatic heterocycles. The maximum Gasteiger partial charge on any atom is 0.122 e. The van der Waals surface area contributed by atoms with Crippen molar-refractivity contribution in [1.82, 2.24) is 15.5 Å². The standard InChI is InChI=1S/C12H21N3O2S/c1-9-7-10(8-17-9)12-15-14-11(18-12)3-4-13-5-6-16-2/h9-10,13H,3-8H2,1-2H3. The van der Waals surface area contributed by atoms with E-state index in [1.165, 1.54) is 0 Å². The fourth-order valence-electron chi connectivity index (χ4n) is 2.02. The zero-order valence-corrected chi connectivity index (χ0v) is 11.8. The van der Waals surface area contributed by atoms with Gasteiger partial charge in [-0.1, -0.05) is 0 Å². The van der Waals surface area contributed by atoms with Crippen LogP contribution in [0.4, 0.5) is 0 Å². The monoisotopic (exact) mass is 271 g/mol. The second-order valence-corrected chi connectivity index (χ2v) is 5.70. The lowest BCUT2D eigenvalue weighted by Crippen LogP contribution is -2.21. The molecule has 2 unspecified atom stereocenters. The van der Waals surface area contributed by atoms with E-state index < -0.39 is 0 Å². The molecule has 0 aliphatic carbocycles. The lowest BCUT2D eigenvalue weighted by atomic mass is 10.1. The molecule has 5 nitrogen and oxygen atoms in total. The van der Waals surface area contributed by atoms with E-state index in [2.05, 4.69) is 22.4 Å². The van der Waals surface area contributed by atoms with Gasteiger partial charge in [-0.2, -0.15) is 0 Å². The maximum atomic E-state index is 5.57. The van der Waals surface area contributed by atoms with E-state index in [4.69, 9.17) is 9.47 Å². The number of nitrogens with one attached hydrogen (secondary N) is 1. The summed E-state index contributed by atoms with van der Waals surface area (Å²) in [5, 5.41) is 14.1. The number of hydrogen-bond acceptors (Lipinski definition) is 6. The van der Waals surface area contributed by atoms with E-state index >= 15 is 0 Å². The van der Waals surface area contributed by atoms with Crippen LogP contribution in [0.2, 0.25) is 0 Å². The fourth-order valence-corrected chi connectivity index (χ4v) is 2.96. The Morgan fingerprint density at radius 3 is 3.06 bits per heavy atom. The summed E-state index contributed by atoms with van der Waals surface area (Å²) in [6.07, 6.45) is 2.36. The average molecular weight is 271 g/mol. The highest BCUT2D eigenvalue weighted by Crippen LogP contribution is 2.30. The molecule has 102 valence electrons. The Kier molecular flexibility index (Phi) is 5.49. The largest absolute Gasteiger partial charge is 0.383 e. The van der Waals surface area contributed by atoms with Crippen LogP contribution in [0.15, 0.2) is 0 Å². The Morgan fingerprint density at radius 2 is 2.33 bits per heavy atom. The number of methoxy groups -OCH3 is 1. The Hall–Kier alpha value is -0.560. The Bertz CT molecular complexity index is 359. The van der Waals surface area contributed by atoms with Crippen LogP contribution in [0.25, 0.3) is 0 Å². The van der Waals surface area contributed by atoms with Crippen molar-refractivity contribution in [2.24, 2.45) is 0 Å². The van der Waals surface area contributed by atoms with Gasteiger partial charge in [0.05, 0.1) is 19.3 Å². The first-order valence-electron chi connectivity index (χ1n) is 6.43. The molecule has 0 bridgehead atoms. The molecule has 1 N–H and O–H groups in total. The molecule has 0 spiro atoms. The first kappa shape index (κ1) is 13.9. The van der Waals surface area contributed by atoms with Gasteiger partial charge in [0.25, 0.3) is 0 Å². The van der Waals surface area contributed by atoms with Gasteiger partial charge in [0.1, 0.15) is 10.0 Å². The highest BCUT2D eigenvalue weighted by Gasteiger charge is 2.26. The summed E-state index contributed by atoms with van der Waals surface area (Å²) < 4.78 is 10.5. The number of nitrogens with zero attached hydrogens (tertiary/aromatic N) is 2. The normalized spacial score (nSPS) is 23.7. The van der Waals surface area contributed by atoms with Crippen molar-refractivity contribution in [2.45, 2.75) is 31.8 Å². The molecule has 0 saturated carbocycles. The van der Waals surface area contributed by atoms with Gasteiger partial charge in [0, 0.05) is 32.5 Å². The summed E-state index contributed by atoms with van der Waals surface area (Å²) in [6, 6.07) is 0. The first-order valence-corrected chi connectivity index (χ1v) is 7.24. The third-order valence-electron chi connectivity index (χ3n) is 3.03. The van der Waals surface area contributed by atoms with Crippen LogP contribution in [-0.4, -0.2) is 49.7 Å². The van der Waals surface area contributed by atoms with Crippen molar-refractivity contribution in [3.05, 3.63) is 10.0 Å². The second kappa shape index (κ2) is 7.13. The van der Waals surface area contributed by atoms with Crippen molar-refractivity contribution >= 4 is 11.3 Å². The Morgan fingerprint density at radius 1 is 1.44 bits per heavy atom. The number of hydrogen-bond donors (Lipinski definition) is 1. The van der Waals surface area contributed by atoms with Crippen LogP contribution in [0.3, 0.4) is 0 Å². The van der Waals surface area contributed by atoms with Gasteiger partial charge in [-0.3, -0.25) is 0 Å². The minimum Gasteiger partial charge on any atom is -0.383 e. The highest BCUT2D eigenvalue weighted by atomic mass is 32.1. The van der Waals surface area contributed by atoms with Crippen LogP contribution in [0.5, 0.6) is 0 Å². The number of rotatable bonds is 7. The molecule has 18 heavy (non-hydrogen) atoms. The van der Waals surface area contributed by atoms with Gasteiger partial charge >= 0.3 is 0 Å². The molecule has 1 aliphatic rings. The van der Waals surface area contributed by atoms with Crippen molar-refractivity contribution in [1.29, 1.82) is 0 Å². The highest BCUT2D eigenvalue weighted by molar-refractivity contribution is 7.11. The first-order chi connectivity index (χ1) is 8.79. The van der Waals surface area contributed by atoms with Crippen LogP contribution in [0.1, 0.15) is 29.3 Å². The third kappa shape index (κ3) is 3.98. The summed E-state index contributed by atoms with van der Waals surface area (Å²) >= 11 is 1.72. The van der Waals surface area contributed by atoms with E-state index in [-0.39, 0.29) is 0 Å². The Balaban J connectivity index is 1.72. The van der Waals surface area contributed by atoms with Gasteiger partial charge in [0.2, 0.25) is 0 Å². The SMILES string of the molecule is COCCNCCc1nnc(C2COC(C)C2)s1. The van der Waals surface area contributed by atoms with Crippen molar-refractivity contribution in [3.8, 4) is 0 Å². The van der Waals surface area contributed by atoms with Crippen LogP contribution >= 0.6 is 11.3 Å². The third-order valence-corrected chi connectivity index (χ3v) is 4.17. The smallest absolute Gasteiger partial charge is 0.122 e. The molecule has 1 aliphatic heterocycles. The average Bonchev–Trinajstić information content (AvgIpc) is 2.97. The maximum absolute atomic E-state index is 5.57. The molecule has 2 atom stereocenters. The quantitative estimate of drug-likeness (QED) is 0.755. The number of aromatic nitrogens is 2. The fraction of sp³-hybridized carbons (Fsp3) is 0.833. The predicted molar refractivity (Wildman–Crippen MR) is 71.1 cm³/mol. The van der Waals surface area contributed by atoms with Crippen molar-refractivity contribution in [3.63, 3.8) is 0 Å². The topological polar surface area (TPSA) is 56.3 Å². The lowest BCUT2D eigenvalue weighted by molar-refractivity contribution is 0.123. The molecule has 1 saturated heterocycles. The molecule has 1 aromatic rings. The van der Waals surface area contributed by atoms with Crippen LogP contribution in [-0.2, 0) is 15.9 Å². The van der Waals surface area contributed by atoms with Gasteiger partial charge in [-0.25, -0.2) is 0 Å². The molecule has 0 radical (unpaired) electrons. The van der Waals surface area contributed by atoms with Gasteiger partial charge in [-0.15, -0.1) is 21.5 Å². The molecule has 2 rings (SSSR count).